The van der Waals surface area contributed by atoms with Gasteiger partial charge in [-0.25, -0.2) is 0 Å². The number of ether oxygens (including phenoxy) is 2. The van der Waals surface area contributed by atoms with Crippen molar-refractivity contribution in [2.45, 2.75) is 20.8 Å². The molecule has 0 fully saturated rings. The van der Waals surface area contributed by atoms with E-state index in [9.17, 15) is 9.59 Å². The first-order valence-electron chi connectivity index (χ1n) is 7.59. The van der Waals surface area contributed by atoms with Crippen LogP contribution in [0.5, 0.6) is 11.6 Å². The Labute approximate surface area is 139 Å². The molecule has 1 aliphatic rings. The number of esters is 1. The second-order valence-electron chi connectivity index (χ2n) is 5.48. The van der Waals surface area contributed by atoms with Crippen LogP contribution in [0, 0.1) is 13.8 Å². The number of hydrogen-bond donors (Lipinski definition) is 0. The molecule has 0 spiro atoms. The highest BCUT2D eigenvalue weighted by Gasteiger charge is 2.32. The molecule has 1 aromatic carbocycles. The zero-order chi connectivity index (χ0) is 17.3. The average Bonchev–Trinajstić information content (AvgIpc) is 2.65. The van der Waals surface area contributed by atoms with E-state index in [0.29, 0.717) is 11.4 Å². The summed E-state index contributed by atoms with van der Waals surface area (Å²) in [6.45, 7) is 5.56. The molecule has 3 rings (SSSR count). The van der Waals surface area contributed by atoms with Crippen LogP contribution >= 0.6 is 0 Å². The summed E-state index contributed by atoms with van der Waals surface area (Å²) in [6.07, 6.45) is 1.41. The number of hydrogen-bond acceptors (Lipinski definition) is 6. The molecular weight excluding hydrogens is 310 g/mol. The van der Waals surface area contributed by atoms with Crippen molar-refractivity contribution < 1.29 is 19.1 Å². The van der Waals surface area contributed by atoms with E-state index in [1.54, 1.807) is 13.0 Å². The maximum Gasteiger partial charge on any atom is 0.326 e. The molecule has 0 N–H and O–H groups in total. The van der Waals surface area contributed by atoms with Gasteiger partial charge in [-0.15, -0.1) is 5.10 Å². The number of carbonyl (C=O) groups is 2. The lowest BCUT2D eigenvalue weighted by Crippen LogP contribution is -2.36. The Bertz CT molecular complexity index is 819. The molecule has 0 unspecified atom stereocenters. The predicted molar refractivity (Wildman–Crippen MR) is 86.3 cm³/mol. The van der Waals surface area contributed by atoms with Gasteiger partial charge in [0.2, 0.25) is 0 Å². The lowest BCUT2D eigenvalue weighted by Gasteiger charge is -2.22. The molecule has 2 aromatic rings. The van der Waals surface area contributed by atoms with Crippen molar-refractivity contribution in [2.24, 2.45) is 0 Å². The first-order chi connectivity index (χ1) is 11.5. The van der Waals surface area contributed by atoms with Gasteiger partial charge in [0.1, 0.15) is 12.1 Å². The van der Waals surface area contributed by atoms with Crippen LogP contribution < -0.4 is 9.64 Å². The number of carbonyl (C=O) groups excluding carboxylic acids is 2. The van der Waals surface area contributed by atoms with Crippen LogP contribution in [0.3, 0.4) is 0 Å². The summed E-state index contributed by atoms with van der Waals surface area (Å²) in [7, 11) is 0. The topological polar surface area (TPSA) is 81.6 Å². The maximum absolute atomic E-state index is 12.9. The van der Waals surface area contributed by atoms with Gasteiger partial charge in [-0.2, -0.15) is 5.10 Å². The standard InChI is InChI=1S/C17H17N3O4/c1-4-23-14(21)9-20-13-8-10(2)7-11(3)15(13)24-16-12(17(20)22)5-6-18-19-16/h5-8H,4,9H2,1-3H3. The molecule has 0 aliphatic carbocycles. The Morgan fingerprint density at radius 2 is 2.12 bits per heavy atom. The van der Waals surface area contributed by atoms with Gasteiger partial charge >= 0.3 is 5.97 Å². The summed E-state index contributed by atoms with van der Waals surface area (Å²) in [4.78, 5) is 26.3. The van der Waals surface area contributed by atoms with E-state index in [0.717, 1.165) is 11.1 Å². The summed E-state index contributed by atoms with van der Waals surface area (Å²) >= 11 is 0. The molecule has 0 saturated heterocycles. The minimum Gasteiger partial charge on any atom is -0.465 e. The molecular formula is C17H17N3O4. The predicted octanol–water partition coefficient (Wildman–Crippen LogP) is 2.41. The molecule has 0 saturated carbocycles. The zero-order valence-electron chi connectivity index (χ0n) is 13.7. The molecule has 124 valence electrons. The van der Waals surface area contributed by atoms with Gasteiger partial charge < -0.3 is 9.47 Å². The van der Waals surface area contributed by atoms with Crippen molar-refractivity contribution in [1.29, 1.82) is 0 Å². The fraction of sp³-hybridized carbons (Fsp3) is 0.294. The molecule has 2 heterocycles. The van der Waals surface area contributed by atoms with Gasteiger partial charge in [-0.05, 0) is 44.0 Å². The third kappa shape index (κ3) is 2.80. The van der Waals surface area contributed by atoms with Gasteiger partial charge in [0.25, 0.3) is 11.8 Å². The molecule has 24 heavy (non-hydrogen) atoms. The van der Waals surface area contributed by atoms with Crippen molar-refractivity contribution in [2.75, 3.05) is 18.1 Å². The zero-order valence-corrected chi connectivity index (χ0v) is 13.7. The van der Waals surface area contributed by atoms with Crippen LogP contribution in [-0.2, 0) is 9.53 Å². The quantitative estimate of drug-likeness (QED) is 0.805. The van der Waals surface area contributed by atoms with Gasteiger partial charge in [-0.1, -0.05) is 6.07 Å². The van der Waals surface area contributed by atoms with Gasteiger partial charge in [0.15, 0.2) is 5.75 Å². The number of nitrogens with zero attached hydrogens (tertiary/aromatic N) is 3. The Morgan fingerprint density at radius 3 is 2.88 bits per heavy atom. The fourth-order valence-electron chi connectivity index (χ4n) is 2.67. The van der Waals surface area contributed by atoms with Crippen LogP contribution in [0.15, 0.2) is 24.4 Å². The smallest absolute Gasteiger partial charge is 0.326 e. The summed E-state index contributed by atoms with van der Waals surface area (Å²) in [6, 6.07) is 5.27. The van der Waals surface area contributed by atoms with Gasteiger partial charge in [-0.3, -0.25) is 14.5 Å². The van der Waals surface area contributed by atoms with E-state index in [-0.39, 0.29) is 30.5 Å². The van der Waals surface area contributed by atoms with Crippen molar-refractivity contribution in [3.05, 3.63) is 41.1 Å². The molecule has 0 radical (unpaired) electrons. The van der Waals surface area contributed by atoms with Crippen molar-refractivity contribution in [1.82, 2.24) is 10.2 Å². The highest BCUT2D eigenvalue weighted by Crippen LogP contribution is 2.40. The van der Waals surface area contributed by atoms with E-state index in [1.807, 2.05) is 19.9 Å². The minimum atomic E-state index is -0.485. The van der Waals surface area contributed by atoms with Crippen LogP contribution in [0.25, 0.3) is 0 Å². The van der Waals surface area contributed by atoms with E-state index in [1.165, 1.54) is 17.2 Å². The van der Waals surface area contributed by atoms with E-state index >= 15 is 0 Å². The minimum absolute atomic E-state index is 0.127. The third-order valence-electron chi connectivity index (χ3n) is 3.64. The maximum atomic E-state index is 12.9. The molecule has 1 aromatic heterocycles. The molecule has 1 aliphatic heterocycles. The number of aryl methyl sites for hydroxylation is 2. The Kier molecular flexibility index (Phi) is 4.16. The number of aromatic nitrogens is 2. The van der Waals surface area contributed by atoms with E-state index in [2.05, 4.69) is 10.2 Å². The fourth-order valence-corrected chi connectivity index (χ4v) is 2.67. The Morgan fingerprint density at radius 1 is 1.33 bits per heavy atom. The lowest BCUT2D eigenvalue weighted by molar-refractivity contribution is -0.141. The second-order valence-corrected chi connectivity index (χ2v) is 5.48. The van der Waals surface area contributed by atoms with Crippen molar-refractivity contribution in [3.63, 3.8) is 0 Å². The van der Waals surface area contributed by atoms with Crippen LogP contribution in [0.2, 0.25) is 0 Å². The second kappa shape index (κ2) is 6.27. The van der Waals surface area contributed by atoms with E-state index in [4.69, 9.17) is 9.47 Å². The van der Waals surface area contributed by atoms with Gasteiger partial charge in [0.05, 0.1) is 18.5 Å². The van der Waals surface area contributed by atoms with Crippen LogP contribution in [0.4, 0.5) is 5.69 Å². The summed E-state index contributed by atoms with van der Waals surface area (Å²) < 4.78 is 10.8. The highest BCUT2D eigenvalue weighted by atomic mass is 16.5. The number of fused-ring (bicyclic) bond motifs is 2. The molecule has 1 amide bonds. The number of benzene rings is 1. The number of amides is 1. The monoisotopic (exact) mass is 327 g/mol. The molecule has 7 nitrogen and oxygen atoms in total. The normalized spacial score (nSPS) is 12.8. The highest BCUT2D eigenvalue weighted by molar-refractivity contribution is 6.11. The first kappa shape index (κ1) is 15.9. The molecule has 7 heteroatoms. The summed E-state index contributed by atoms with van der Waals surface area (Å²) in [5, 5.41) is 7.68. The lowest BCUT2D eigenvalue weighted by atomic mass is 10.1. The molecule has 0 bridgehead atoms. The third-order valence-corrected chi connectivity index (χ3v) is 3.64. The largest absolute Gasteiger partial charge is 0.465 e. The van der Waals surface area contributed by atoms with Crippen molar-refractivity contribution in [3.8, 4) is 11.6 Å². The van der Waals surface area contributed by atoms with Crippen LogP contribution in [-0.4, -0.2) is 35.2 Å². The summed E-state index contributed by atoms with van der Waals surface area (Å²) in [5.41, 5.74) is 2.56. The Balaban J connectivity index is 2.16. The molecule has 0 atom stereocenters. The van der Waals surface area contributed by atoms with Crippen molar-refractivity contribution >= 4 is 17.6 Å². The van der Waals surface area contributed by atoms with Crippen LogP contribution in [0.1, 0.15) is 28.4 Å². The van der Waals surface area contributed by atoms with E-state index < -0.39 is 5.97 Å². The Hall–Kier alpha value is -2.96. The summed E-state index contributed by atoms with van der Waals surface area (Å²) in [5.74, 6) is -0.252. The first-order valence-corrected chi connectivity index (χ1v) is 7.59. The number of rotatable bonds is 3. The average molecular weight is 327 g/mol. The van der Waals surface area contributed by atoms with Gasteiger partial charge in [0, 0.05) is 0 Å². The number of anilines is 1. The SMILES string of the molecule is CCOC(=O)CN1C(=O)c2ccnnc2Oc2c(C)cc(C)cc21.